The first-order valence-corrected chi connectivity index (χ1v) is 9.62. The molecule has 5 heteroatoms. The van der Waals surface area contributed by atoms with Gasteiger partial charge in [-0.05, 0) is 0 Å². The molecule has 0 heterocycles. The second-order valence-electron chi connectivity index (χ2n) is 2.40. The first kappa shape index (κ1) is 12.6. The summed E-state index contributed by atoms with van der Waals surface area (Å²) in [5.41, 5.74) is 0. The maximum absolute atomic E-state index is 5.31. The van der Waals surface area contributed by atoms with E-state index in [1.165, 1.54) is 0 Å². The van der Waals surface area contributed by atoms with Crippen LogP contribution in [0.4, 0.5) is 0 Å². The van der Waals surface area contributed by atoms with E-state index in [4.69, 9.17) is 9.22 Å². The van der Waals surface area contributed by atoms with Gasteiger partial charge in [0.25, 0.3) is 0 Å². The summed E-state index contributed by atoms with van der Waals surface area (Å²) in [5.74, 6) is 0. The first-order chi connectivity index (χ1) is 5.74. The third-order valence-electron chi connectivity index (χ3n) is 1.79. The topological polar surface area (TPSA) is 39.7 Å². The summed E-state index contributed by atoms with van der Waals surface area (Å²) in [7, 11) is 4.99. The Balaban J connectivity index is 3.76. The normalized spacial score (nSPS) is 12.0. The van der Waals surface area contributed by atoms with Crippen LogP contribution in [0.25, 0.3) is 0 Å². The van der Waals surface area contributed by atoms with Crippen molar-refractivity contribution in [2.45, 2.75) is 11.4 Å². The van der Waals surface area contributed by atoms with Gasteiger partial charge in [0.15, 0.2) is 0 Å². The van der Waals surface area contributed by atoms with Crippen molar-refractivity contribution in [3.05, 3.63) is 0 Å². The van der Waals surface area contributed by atoms with Gasteiger partial charge in [-0.25, -0.2) is 0 Å². The van der Waals surface area contributed by atoms with Crippen LogP contribution in [0.15, 0.2) is 0 Å². The van der Waals surface area contributed by atoms with Crippen molar-refractivity contribution >= 4 is 19.6 Å². The van der Waals surface area contributed by atoms with E-state index >= 15 is 0 Å². The Morgan fingerprint density at radius 2 is 1.58 bits per heavy atom. The van der Waals surface area contributed by atoms with Crippen molar-refractivity contribution in [1.82, 2.24) is 5.32 Å². The summed E-state index contributed by atoms with van der Waals surface area (Å²) >= 11 is -3.05. The molecule has 0 spiro atoms. The van der Waals surface area contributed by atoms with Crippen LogP contribution in [0.2, 0.25) is 4.44 Å². The van der Waals surface area contributed by atoms with Crippen LogP contribution in [0.1, 0.15) is 6.92 Å². The van der Waals surface area contributed by atoms with E-state index in [1.807, 2.05) is 0 Å². The molecule has 0 fully saturated rings. The van der Waals surface area contributed by atoms with Crippen LogP contribution in [0.5, 0.6) is 0 Å². The monoisotopic (exact) mass is 285 g/mol. The molecule has 0 saturated carbocycles. The van der Waals surface area contributed by atoms with Crippen molar-refractivity contribution < 1.29 is 9.22 Å². The first-order valence-electron chi connectivity index (χ1n) is 4.10. The fourth-order valence-electron chi connectivity index (χ4n) is 0.974. The summed E-state index contributed by atoms with van der Waals surface area (Å²) in [4.78, 5) is 0. The molecule has 0 bridgehead atoms. The zero-order valence-electron chi connectivity index (χ0n) is 8.35. The molecule has 0 aromatic carbocycles. The molecule has 0 aliphatic rings. The molecule has 0 rings (SSSR count). The summed E-state index contributed by atoms with van der Waals surface area (Å²) in [6.45, 7) is 3.95. The van der Waals surface area contributed by atoms with E-state index in [-0.39, 0.29) is 0 Å². The fourth-order valence-corrected chi connectivity index (χ4v) is 5.53. The Labute approximate surface area is 80.1 Å². The maximum atomic E-state index is 5.31. The average molecular weight is 284 g/mol. The average Bonchev–Trinajstić information content (AvgIpc) is 2.14. The molecular formula is C7H19NO3Sn. The van der Waals surface area contributed by atoms with Crippen molar-refractivity contribution in [2.24, 2.45) is 0 Å². The van der Waals surface area contributed by atoms with E-state index in [0.717, 1.165) is 17.5 Å². The van der Waals surface area contributed by atoms with Gasteiger partial charge in [0.1, 0.15) is 0 Å². The van der Waals surface area contributed by atoms with Crippen LogP contribution >= 0.6 is 0 Å². The summed E-state index contributed by atoms with van der Waals surface area (Å²) in [6, 6.07) is 0. The van der Waals surface area contributed by atoms with Gasteiger partial charge in [0, 0.05) is 0 Å². The van der Waals surface area contributed by atoms with Crippen LogP contribution < -0.4 is 5.32 Å². The van der Waals surface area contributed by atoms with Crippen molar-refractivity contribution in [2.75, 3.05) is 34.4 Å². The van der Waals surface area contributed by atoms with E-state index in [1.54, 1.807) is 21.3 Å². The Bertz CT molecular complexity index is 101. The second kappa shape index (κ2) is 7.08. The summed E-state index contributed by atoms with van der Waals surface area (Å²) < 4.78 is 16.8. The molecule has 0 unspecified atom stereocenters. The molecule has 0 saturated heterocycles. The molecule has 0 atom stereocenters. The Kier molecular flexibility index (Phi) is 7.46. The molecule has 74 valence electrons. The quantitative estimate of drug-likeness (QED) is 0.545. The predicted octanol–water partition coefficient (Wildman–Crippen LogP) is 0.474. The fraction of sp³-hybridized carbons (Fsp3) is 1.00. The van der Waals surface area contributed by atoms with Crippen LogP contribution in [-0.2, 0) is 9.22 Å². The van der Waals surface area contributed by atoms with Crippen molar-refractivity contribution in [1.29, 1.82) is 0 Å². The van der Waals surface area contributed by atoms with Gasteiger partial charge in [-0.2, -0.15) is 0 Å². The molecule has 0 aliphatic heterocycles. The summed E-state index contributed by atoms with van der Waals surface area (Å²) in [6.07, 6.45) is 0. The number of hydrogen-bond acceptors (Lipinski definition) is 4. The molecule has 0 aromatic rings. The van der Waals surface area contributed by atoms with Gasteiger partial charge in [-0.3, -0.25) is 0 Å². The van der Waals surface area contributed by atoms with Crippen LogP contribution in [0.3, 0.4) is 0 Å². The molecule has 0 radical (unpaired) electrons. The molecule has 0 aromatic heterocycles. The second-order valence-corrected chi connectivity index (χ2v) is 11.2. The zero-order valence-corrected chi connectivity index (χ0v) is 11.2. The SMILES string of the molecule is CCNC[CH2][Sn]([O]C)([O]C)[O]C. The Morgan fingerprint density at radius 3 is 1.92 bits per heavy atom. The molecule has 1 N–H and O–H groups in total. The van der Waals surface area contributed by atoms with Crippen LogP contribution in [0, 0.1) is 0 Å². The van der Waals surface area contributed by atoms with Gasteiger partial charge >= 0.3 is 79.9 Å². The zero-order chi connectivity index (χ0) is 9.45. The Morgan fingerprint density at radius 1 is 1.08 bits per heavy atom. The van der Waals surface area contributed by atoms with Gasteiger partial charge in [-0.1, -0.05) is 0 Å². The van der Waals surface area contributed by atoms with Crippen molar-refractivity contribution in [3.8, 4) is 0 Å². The number of rotatable bonds is 7. The molecule has 0 amide bonds. The van der Waals surface area contributed by atoms with E-state index < -0.39 is 19.6 Å². The van der Waals surface area contributed by atoms with E-state index in [9.17, 15) is 0 Å². The van der Waals surface area contributed by atoms with Gasteiger partial charge in [-0.15, -0.1) is 0 Å². The Hall–Kier alpha value is 0.639. The molecule has 12 heavy (non-hydrogen) atoms. The molecular weight excluding hydrogens is 265 g/mol. The number of hydrogen-bond donors (Lipinski definition) is 1. The van der Waals surface area contributed by atoms with Crippen LogP contribution in [-0.4, -0.2) is 54.0 Å². The minimum absolute atomic E-state index is 0.881. The molecule has 4 nitrogen and oxygen atoms in total. The third-order valence-corrected chi connectivity index (χ3v) is 9.58. The standard InChI is InChI=1S/C4H10N.3CH3O.Sn/c1-3-5-4-2;3*1-2;/h5H,1,3-4H2,2H3;3*1H3;/q;3*-1;+3. The predicted molar refractivity (Wildman–Crippen MR) is 50.1 cm³/mol. The number of nitrogens with one attached hydrogen (secondary N) is 1. The van der Waals surface area contributed by atoms with Crippen molar-refractivity contribution in [3.63, 3.8) is 0 Å². The van der Waals surface area contributed by atoms with Gasteiger partial charge in [0.05, 0.1) is 0 Å². The van der Waals surface area contributed by atoms with E-state index in [0.29, 0.717) is 0 Å². The van der Waals surface area contributed by atoms with E-state index in [2.05, 4.69) is 12.2 Å². The van der Waals surface area contributed by atoms with Gasteiger partial charge < -0.3 is 0 Å². The van der Waals surface area contributed by atoms with Gasteiger partial charge in [0.2, 0.25) is 0 Å². The summed E-state index contributed by atoms with van der Waals surface area (Å²) in [5, 5.41) is 3.22. The minimum atomic E-state index is -3.05. The third kappa shape index (κ3) is 4.04. The molecule has 0 aliphatic carbocycles.